The second-order valence-electron chi connectivity index (χ2n) is 7.27. The van der Waals surface area contributed by atoms with E-state index < -0.39 is 5.97 Å². The molecule has 0 saturated carbocycles. The summed E-state index contributed by atoms with van der Waals surface area (Å²) in [5.41, 5.74) is 1.72. The fourth-order valence-electron chi connectivity index (χ4n) is 3.08. The van der Waals surface area contributed by atoms with Gasteiger partial charge in [0.2, 0.25) is 5.91 Å². The van der Waals surface area contributed by atoms with Crippen molar-refractivity contribution in [2.24, 2.45) is 0 Å². The molecule has 0 radical (unpaired) electrons. The van der Waals surface area contributed by atoms with E-state index in [4.69, 9.17) is 9.47 Å². The molecule has 0 aliphatic heterocycles. The predicted octanol–water partition coefficient (Wildman–Crippen LogP) is 4.34. The second kappa shape index (κ2) is 12.0. The van der Waals surface area contributed by atoms with Gasteiger partial charge >= 0.3 is 5.97 Å². The van der Waals surface area contributed by atoms with E-state index in [1.54, 1.807) is 30.3 Å². The third-order valence-corrected chi connectivity index (χ3v) is 4.66. The molecule has 3 aromatic carbocycles. The van der Waals surface area contributed by atoms with Crippen molar-refractivity contribution in [3.05, 3.63) is 90.0 Å². The van der Waals surface area contributed by atoms with E-state index in [1.807, 2.05) is 42.5 Å². The third kappa shape index (κ3) is 7.81. The number of ether oxygens (including phenoxy) is 2. The normalized spacial score (nSPS) is 10.2. The van der Waals surface area contributed by atoms with Gasteiger partial charge in [-0.3, -0.25) is 14.4 Å². The Hall–Kier alpha value is -4.13. The smallest absolute Gasteiger partial charge is 0.308 e. The van der Waals surface area contributed by atoms with E-state index in [-0.39, 0.29) is 18.4 Å². The van der Waals surface area contributed by atoms with Crippen LogP contribution in [0.2, 0.25) is 0 Å². The van der Waals surface area contributed by atoms with Crippen LogP contribution in [0, 0.1) is 0 Å². The Labute approximate surface area is 192 Å². The van der Waals surface area contributed by atoms with E-state index >= 15 is 0 Å². The van der Waals surface area contributed by atoms with Gasteiger partial charge in [-0.25, -0.2) is 0 Å². The monoisotopic (exact) mass is 446 g/mol. The fourth-order valence-corrected chi connectivity index (χ4v) is 3.08. The number of hydrogen-bond donors (Lipinski definition) is 2. The van der Waals surface area contributed by atoms with Gasteiger partial charge in [-0.2, -0.15) is 0 Å². The van der Waals surface area contributed by atoms with E-state index in [0.29, 0.717) is 36.4 Å². The number of hydrogen-bond acceptors (Lipinski definition) is 5. The Kier molecular flexibility index (Phi) is 8.59. The van der Waals surface area contributed by atoms with Gasteiger partial charge in [-0.05, 0) is 48.4 Å². The molecular weight excluding hydrogens is 420 g/mol. The Morgan fingerprint density at radius 3 is 2.36 bits per heavy atom. The summed E-state index contributed by atoms with van der Waals surface area (Å²) in [6, 6.07) is 23.1. The summed E-state index contributed by atoms with van der Waals surface area (Å²) < 4.78 is 10.6. The topological polar surface area (TPSA) is 93.7 Å². The van der Waals surface area contributed by atoms with Crippen LogP contribution < -0.4 is 20.1 Å². The number of nitrogens with one attached hydrogen (secondary N) is 2. The minimum atomic E-state index is -0.458. The molecule has 2 N–H and O–H groups in total. The lowest BCUT2D eigenvalue weighted by Crippen LogP contribution is -2.24. The quantitative estimate of drug-likeness (QED) is 0.275. The number of carbonyl (C=O) groups is 3. The summed E-state index contributed by atoms with van der Waals surface area (Å²) in [5, 5.41) is 5.73. The van der Waals surface area contributed by atoms with Crippen LogP contribution in [0.15, 0.2) is 78.9 Å². The van der Waals surface area contributed by atoms with Gasteiger partial charge in [-0.15, -0.1) is 0 Å². The number of esters is 1. The molecule has 3 aromatic rings. The van der Waals surface area contributed by atoms with Crippen molar-refractivity contribution >= 4 is 23.5 Å². The molecule has 0 saturated heterocycles. The number of amides is 2. The maximum atomic E-state index is 12.7. The first-order chi connectivity index (χ1) is 16.0. The lowest BCUT2D eigenvalue weighted by atomic mass is 10.1. The van der Waals surface area contributed by atoms with Gasteiger partial charge in [0, 0.05) is 31.1 Å². The van der Waals surface area contributed by atoms with Crippen LogP contribution in [0.4, 0.5) is 5.69 Å². The first-order valence-corrected chi connectivity index (χ1v) is 10.6. The van der Waals surface area contributed by atoms with E-state index in [9.17, 15) is 14.4 Å². The molecule has 0 atom stereocenters. The standard InChI is InChI=1S/C26H26N2O5/c1-19(29)33-23-13-7-10-20(17-23)26(31)28-24-14-6-5-9-21(24)18-27-25(30)15-8-16-32-22-11-3-2-4-12-22/h2-7,9-14,17H,8,15-16,18H2,1H3,(H,27,30)(H,28,31). The molecule has 0 spiro atoms. The van der Waals surface area contributed by atoms with E-state index in [2.05, 4.69) is 10.6 Å². The summed E-state index contributed by atoms with van der Waals surface area (Å²) in [6.45, 7) is 2.03. The van der Waals surface area contributed by atoms with Crippen molar-refractivity contribution in [2.45, 2.75) is 26.3 Å². The first kappa shape index (κ1) is 23.5. The molecule has 33 heavy (non-hydrogen) atoms. The van der Waals surface area contributed by atoms with Crippen LogP contribution >= 0.6 is 0 Å². The average Bonchev–Trinajstić information content (AvgIpc) is 2.81. The minimum Gasteiger partial charge on any atom is -0.494 e. The number of anilines is 1. The summed E-state index contributed by atoms with van der Waals surface area (Å²) in [7, 11) is 0. The van der Waals surface area contributed by atoms with Gasteiger partial charge in [0.1, 0.15) is 11.5 Å². The van der Waals surface area contributed by atoms with Crippen molar-refractivity contribution in [1.29, 1.82) is 0 Å². The summed E-state index contributed by atoms with van der Waals surface area (Å²) >= 11 is 0. The van der Waals surface area contributed by atoms with E-state index in [1.165, 1.54) is 13.0 Å². The van der Waals surface area contributed by atoms with Crippen LogP contribution in [0.5, 0.6) is 11.5 Å². The van der Waals surface area contributed by atoms with Crippen LogP contribution in [-0.4, -0.2) is 24.4 Å². The zero-order chi connectivity index (χ0) is 23.5. The number of rotatable bonds is 10. The highest BCUT2D eigenvalue weighted by atomic mass is 16.5. The Morgan fingerprint density at radius 2 is 1.58 bits per heavy atom. The highest BCUT2D eigenvalue weighted by Crippen LogP contribution is 2.19. The Bertz CT molecular complexity index is 1100. The number of para-hydroxylation sites is 2. The number of carbonyl (C=O) groups excluding carboxylic acids is 3. The predicted molar refractivity (Wildman–Crippen MR) is 125 cm³/mol. The lowest BCUT2D eigenvalue weighted by Gasteiger charge is -2.13. The molecule has 0 aliphatic rings. The maximum Gasteiger partial charge on any atom is 0.308 e. The van der Waals surface area contributed by atoms with Gasteiger partial charge in [0.05, 0.1) is 6.61 Å². The molecule has 0 aliphatic carbocycles. The minimum absolute atomic E-state index is 0.0955. The zero-order valence-corrected chi connectivity index (χ0v) is 18.4. The van der Waals surface area contributed by atoms with Crippen molar-refractivity contribution in [1.82, 2.24) is 5.32 Å². The zero-order valence-electron chi connectivity index (χ0n) is 18.4. The summed E-state index contributed by atoms with van der Waals surface area (Å²) in [5.74, 6) is 0.177. The molecule has 0 fully saturated rings. The van der Waals surface area contributed by atoms with Crippen LogP contribution in [0.3, 0.4) is 0 Å². The first-order valence-electron chi connectivity index (χ1n) is 10.6. The summed E-state index contributed by atoms with van der Waals surface area (Å²) in [4.78, 5) is 36.0. The van der Waals surface area contributed by atoms with Gasteiger partial charge < -0.3 is 20.1 Å². The number of benzene rings is 3. The maximum absolute atomic E-state index is 12.7. The van der Waals surface area contributed by atoms with Crippen LogP contribution in [0.1, 0.15) is 35.7 Å². The van der Waals surface area contributed by atoms with Gasteiger partial charge in [0.25, 0.3) is 5.91 Å². The Morgan fingerprint density at radius 1 is 0.848 bits per heavy atom. The van der Waals surface area contributed by atoms with Gasteiger partial charge in [-0.1, -0.05) is 42.5 Å². The molecule has 3 rings (SSSR count). The molecule has 170 valence electrons. The molecule has 2 amide bonds. The molecule has 0 aromatic heterocycles. The molecule has 0 bridgehead atoms. The van der Waals surface area contributed by atoms with Crippen molar-refractivity contribution in [2.75, 3.05) is 11.9 Å². The van der Waals surface area contributed by atoms with Crippen LogP contribution in [0.25, 0.3) is 0 Å². The van der Waals surface area contributed by atoms with Gasteiger partial charge in [0.15, 0.2) is 0 Å². The highest BCUT2D eigenvalue weighted by molar-refractivity contribution is 6.05. The molecule has 0 unspecified atom stereocenters. The van der Waals surface area contributed by atoms with E-state index in [0.717, 1.165) is 11.3 Å². The Balaban J connectivity index is 1.50. The second-order valence-corrected chi connectivity index (χ2v) is 7.27. The lowest BCUT2D eigenvalue weighted by molar-refractivity contribution is -0.131. The van der Waals surface area contributed by atoms with Crippen molar-refractivity contribution in [3.8, 4) is 11.5 Å². The molecule has 0 heterocycles. The molecule has 7 nitrogen and oxygen atoms in total. The highest BCUT2D eigenvalue weighted by Gasteiger charge is 2.11. The van der Waals surface area contributed by atoms with Crippen molar-refractivity contribution < 1.29 is 23.9 Å². The SMILES string of the molecule is CC(=O)Oc1cccc(C(=O)Nc2ccccc2CNC(=O)CCCOc2ccccc2)c1. The molecule has 7 heteroatoms. The largest absolute Gasteiger partial charge is 0.494 e. The molecular formula is C26H26N2O5. The summed E-state index contributed by atoms with van der Waals surface area (Å²) in [6.07, 6.45) is 0.933. The van der Waals surface area contributed by atoms with Crippen molar-refractivity contribution in [3.63, 3.8) is 0 Å². The third-order valence-electron chi connectivity index (χ3n) is 4.66. The average molecular weight is 447 g/mol. The fraction of sp³-hybridized carbons (Fsp3) is 0.192. The van der Waals surface area contributed by atoms with Crippen LogP contribution in [-0.2, 0) is 16.1 Å².